The van der Waals surface area contributed by atoms with Crippen LogP contribution in [0.15, 0.2) is 34.9 Å². The van der Waals surface area contributed by atoms with E-state index in [9.17, 15) is 13.2 Å². The number of nitrogens with zero attached hydrogens (tertiary/aromatic N) is 1. The first-order valence-corrected chi connectivity index (χ1v) is 11.8. The summed E-state index contributed by atoms with van der Waals surface area (Å²) in [7, 11) is -3.56. The van der Waals surface area contributed by atoms with E-state index in [1.807, 2.05) is 45.0 Å². The van der Waals surface area contributed by atoms with Crippen molar-refractivity contribution >= 4 is 15.8 Å². The lowest BCUT2D eigenvalue weighted by atomic mass is 9.70. The van der Waals surface area contributed by atoms with Gasteiger partial charge in [0.1, 0.15) is 12.0 Å². The molecule has 1 aromatic carbocycles. The summed E-state index contributed by atoms with van der Waals surface area (Å²) >= 11 is 0. The highest BCUT2D eigenvalue weighted by Gasteiger charge is 2.65. The Morgan fingerprint density at radius 3 is 2.59 bits per heavy atom. The smallest absolute Gasteiger partial charge is 0.226 e. The van der Waals surface area contributed by atoms with Crippen LogP contribution in [0.25, 0.3) is 11.5 Å². The molecule has 1 aromatic heterocycles. The Bertz CT molecular complexity index is 1020. The van der Waals surface area contributed by atoms with E-state index in [0.29, 0.717) is 36.8 Å². The summed E-state index contributed by atoms with van der Waals surface area (Å²) in [5.74, 6) is 0.830. The molecule has 2 bridgehead atoms. The molecule has 0 aliphatic heterocycles. The van der Waals surface area contributed by atoms with Crippen molar-refractivity contribution in [2.75, 3.05) is 12.3 Å². The van der Waals surface area contributed by atoms with Gasteiger partial charge in [-0.2, -0.15) is 0 Å². The van der Waals surface area contributed by atoms with Crippen molar-refractivity contribution in [3.63, 3.8) is 0 Å². The van der Waals surface area contributed by atoms with Gasteiger partial charge in [0.25, 0.3) is 0 Å². The van der Waals surface area contributed by atoms with E-state index in [-0.39, 0.29) is 23.5 Å². The van der Waals surface area contributed by atoms with Gasteiger partial charge in [0.05, 0.1) is 11.4 Å². The van der Waals surface area contributed by atoms with Crippen molar-refractivity contribution in [2.24, 2.45) is 16.7 Å². The fraction of sp³-hybridized carbons (Fsp3) is 0.545. The number of oxazole rings is 1. The molecule has 2 aromatic rings. The third-order valence-electron chi connectivity index (χ3n) is 7.13. The van der Waals surface area contributed by atoms with E-state index < -0.39 is 15.4 Å². The highest BCUT2D eigenvalue weighted by atomic mass is 32.2. The van der Waals surface area contributed by atoms with Gasteiger partial charge in [-0.25, -0.2) is 18.1 Å². The number of ketones is 1. The molecule has 1 heterocycles. The summed E-state index contributed by atoms with van der Waals surface area (Å²) in [5.41, 5.74) is 1.75. The minimum Gasteiger partial charge on any atom is -0.444 e. The quantitative estimate of drug-likeness (QED) is 0.746. The van der Waals surface area contributed by atoms with Crippen molar-refractivity contribution in [3.05, 3.63) is 41.8 Å². The molecule has 2 aliphatic rings. The summed E-state index contributed by atoms with van der Waals surface area (Å²) in [5, 5.41) is 0. The number of hydrogen-bond donors (Lipinski definition) is 1. The van der Waals surface area contributed by atoms with Crippen LogP contribution in [0, 0.1) is 23.7 Å². The number of hydrogen-bond acceptors (Lipinski definition) is 5. The van der Waals surface area contributed by atoms with Crippen LogP contribution >= 0.6 is 0 Å². The number of fused-ring (bicyclic) bond motifs is 2. The predicted molar refractivity (Wildman–Crippen MR) is 111 cm³/mol. The summed E-state index contributed by atoms with van der Waals surface area (Å²) in [6.07, 6.45) is 4.13. The molecule has 2 fully saturated rings. The van der Waals surface area contributed by atoms with Crippen LogP contribution in [0.2, 0.25) is 0 Å². The van der Waals surface area contributed by atoms with Crippen LogP contribution < -0.4 is 4.72 Å². The van der Waals surface area contributed by atoms with Gasteiger partial charge in [0.15, 0.2) is 0 Å². The zero-order valence-electron chi connectivity index (χ0n) is 17.2. The molecular formula is C22H28N2O4S. The van der Waals surface area contributed by atoms with Crippen molar-refractivity contribution in [1.29, 1.82) is 0 Å². The van der Waals surface area contributed by atoms with Crippen LogP contribution in [0.3, 0.4) is 0 Å². The zero-order chi connectivity index (χ0) is 20.9. The molecule has 1 N–H and O–H groups in total. The van der Waals surface area contributed by atoms with E-state index in [2.05, 4.69) is 9.71 Å². The Hall–Kier alpha value is -1.99. The highest BCUT2D eigenvalue weighted by Crippen LogP contribution is 2.64. The van der Waals surface area contributed by atoms with Crippen LogP contribution in [0.4, 0.5) is 0 Å². The Kier molecular flexibility index (Phi) is 4.94. The lowest BCUT2D eigenvalue weighted by Crippen LogP contribution is -2.45. The van der Waals surface area contributed by atoms with E-state index in [1.54, 1.807) is 6.26 Å². The van der Waals surface area contributed by atoms with Gasteiger partial charge in [0, 0.05) is 30.4 Å². The lowest BCUT2D eigenvalue weighted by Gasteiger charge is -2.36. The normalized spacial score (nSPS) is 25.6. The van der Waals surface area contributed by atoms with Gasteiger partial charge in [-0.1, -0.05) is 31.5 Å². The Labute approximate surface area is 172 Å². The fourth-order valence-electron chi connectivity index (χ4n) is 5.07. The molecule has 2 saturated carbocycles. The predicted octanol–water partition coefficient (Wildman–Crippen LogP) is 3.51. The second-order valence-corrected chi connectivity index (χ2v) is 10.9. The van der Waals surface area contributed by atoms with Crippen molar-refractivity contribution < 1.29 is 17.6 Å². The van der Waals surface area contributed by atoms with Crippen molar-refractivity contribution in [3.8, 4) is 11.5 Å². The number of aromatic nitrogens is 1. The Morgan fingerprint density at radius 2 is 1.97 bits per heavy atom. The molecule has 4 rings (SSSR count). The molecule has 7 heteroatoms. The third kappa shape index (κ3) is 3.55. The lowest BCUT2D eigenvalue weighted by molar-refractivity contribution is -0.128. The first-order chi connectivity index (χ1) is 13.6. The molecule has 2 aliphatic carbocycles. The largest absolute Gasteiger partial charge is 0.444 e. The fourth-order valence-corrected chi connectivity index (χ4v) is 6.91. The topological polar surface area (TPSA) is 89.3 Å². The molecule has 29 heavy (non-hydrogen) atoms. The number of carbonyl (C=O) groups excluding carboxylic acids is 1. The van der Waals surface area contributed by atoms with Gasteiger partial charge >= 0.3 is 0 Å². The number of sulfonamides is 1. The molecule has 0 saturated heterocycles. The highest BCUT2D eigenvalue weighted by molar-refractivity contribution is 7.89. The Balaban J connectivity index is 1.37. The van der Waals surface area contributed by atoms with Gasteiger partial charge < -0.3 is 4.42 Å². The number of benzene rings is 1. The average molecular weight is 417 g/mol. The molecule has 2 atom stereocenters. The summed E-state index contributed by atoms with van der Waals surface area (Å²) in [6.45, 7) is 6.35. The van der Waals surface area contributed by atoms with E-state index in [0.717, 1.165) is 17.5 Å². The number of rotatable bonds is 7. The minimum absolute atomic E-state index is 0.114. The standard InChI is InChI=1S/C22H28N2O4S/c1-15-4-6-16(7-5-15)20-24-18(13-28-20)9-11-23-29(26,27)14-22-10-8-17(12-19(22)25)21(22,2)3/h4-7,13,17,23H,8-12,14H2,1-3H3. The van der Waals surface area contributed by atoms with Gasteiger partial charge in [-0.3, -0.25) is 4.79 Å². The molecule has 0 amide bonds. The van der Waals surface area contributed by atoms with E-state index >= 15 is 0 Å². The zero-order valence-corrected chi connectivity index (χ0v) is 18.0. The van der Waals surface area contributed by atoms with E-state index in [1.165, 1.54) is 0 Å². The second-order valence-electron chi connectivity index (χ2n) is 9.08. The van der Waals surface area contributed by atoms with Crippen LogP contribution in [-0.2, 0) is 21.2 Å². The molecule has 0 radical (unpaired) electrons. The average Bonchev–Trinajstić information content (AvgIpc) is 3.25. The molecule has 0 spiro atoms. The van der Waals surface area contributed by atoms with Gasteiger partial charge in [-0.05, 0) is 43.2 Å². The molecule has 156 valence electrons. The van der Waals surface area contributed by atoms with Crippen LogP contribution in [-0.4, -0.2) is 31.5 Å². The molecular weight excluding hydrogens is 388 g/mol. The summed E-state index contributed by atoms with van der Waals surface area (Å²) in [6, 6.07) is 7.88. The number of nitrogens with one attached hydrogen (secondary N) is 1. The first kappa shape index (κ1) is 20.3. The van der Waals surface area contributed by atoms with Gasteiger partial charge in [-0.15, -0.1) is 0 Å². The third-order valence-corrected chi connectivity index (χ3v) is 8.65. The van der Waals surface area contributed by atoms with Crippen LogP contribution in [0.1, 0.15) is 44.4 Å². The maximum Gasteiger partial charge on any atom is 0.226 e. The molecule has 2 unspecified atom stereocenters. The maximum atomic E-state index is 12.7. The van der Waals surface area contributed by atoms with Crippen molar-refractivity contribution in [2.45, 2.75) is 46.5 Å². The van der Waals surface area contributed by atoms with E-state index in [4.69, 9.17) is 4.42 Å². The minimum atomic E-state index is -3.56. The SMILES string of the molecule is Cc1ccc(-c2nc(CCNS(=O)(=O)CC34CCC(CC3=O)C4(C)C)co2)cc1. The number of Topliss-reactive ketones (excluding diaryl/α,β-unsaturated/α-hetero) is 1. The number of aryl methyl sites for hydroxylation is 1. The second kappa shape index (κ2) is 7.06. The van der Waals surface area contributed by atoms with Crippen LogP contribution in [0.5, 0.6) is 0 Å². The summed E-state index contributed by atoms with van der Waals surface area (Å²) < 4.78 is 33.7. The van der Waals surface area contributed by atoms with Crippen molar-refractivity contribution in [1.82, 2.24) is 9.71 Å². The first-order valence-electron chi connectivity index (χ1n) is 10.2. The van der Waals surface area contributed by atoms with Gasteiger partial charge in [0.2, 0.25) is 15.9 Å². The monoisotopic (exact) mass is 416 g/mol. The maximum absolute atomic E-state index is 12.7. The number of carbonyl (C=O) groups is 1. The Morgan fingerprint density at radius 1 is 1.24 bits per heavy atom. The molecule has 6 nitrogen and oxygen atoms in total. The summed E-state index contributed by atoms with van der Waals surface area (Å²) in [4.78, 5) is 17.0.